The minimum absolute atomic E-state index is 0.947. The third-order valence-electron chi connectivity index (χ3n) is 4.95. The minimum atomic E-state index is 0.947. The van der Waals surface area contributed by atoms with Gasteiger partial charge in [-0.25, -0.2) is 9.97 Å². The van der Waals surface area contributed by atoms with E-state index in [0.717, 1.165) is 47.5 Å². The van der Waals surface area contributed by atoms with Crippen molar-refractivity contribution < 1.29 is 0 Å². The summed E-state index contributed by atoms with van der Waals surface area (Å²) in [5.41, 5.74) is 4.52. The Hall–Kier alpha value is -2.32. The molecular formula is C22H28N6S2. The Morgan fingerprint density at radius 3 is 1.47 bits per heavy atom. The smallest absolute Gasteiger partial charge is 0.206 e. The summed E-state index contributed by atoms with van der Waals surface area (Å²) in [5.74, 6) is 4.11. The van der Waals surface area contributed by atoms with Gasteiger partial charge in [0, 0.05) is 52.8 Å². The normalized spacial score (nSPS) is 11.5. The molecule has 6 nitrogen and oxygen atoms in total. The molecule has 0 N–H and O–H groups in total. The second kappa shape index (κ2) is 9.22. The van der Waals surface area contributed by atoms with Crippen LogP contribution in [0.2, 0.25) is 0 Å². The summed E-state index contributed by atoms with van der Waals surface area (Å²) in [6.45, 7) is 1.89. The van der Waals surface area contributed by atoms with Gasteiger partial charge in [0.05, 0.1) is 22.1 Å². The molecule has 2 heterocycles. The lowest BCUT2D eigenvalue weighted by Crippen LogP contribution is -2.16. The number of nitrogens with zero attached hydrogens (tertiary/aromatic N) is 6. The van der Waals surface area contributed by atoms with Crippen molar-refractivity contribution in [1.82, 2.24) is 19.1 Å². The summed E-state index contributed by atoms with van der Waals surface area (Å²) >= 11 is 0. The average molecular weight is 441 g/mol. The van der Waals surface area contributed by atoms with Crippen LogP contribution >= 0.6 is 21.6 Å². The van der Waals surface area contributed by atoms with E-state index in [2.05, 4.69) is 83.5 Å². The molecule has 8 heteroatoms. The van der Waals surface area contributed by atoms with Gasteiger partial charge in [-0.3, -0.25) is 0 Å². The van der Waals surface area contributed by atoms with Gasteiger partial charge in [-0.05, 0) is 24.3 Å². The molecule has 0 unspecified atom stereocenters. The summed E-state index contributed by atoms with van der Waals surface area (Å²) in [5, 5.41) is 0. The summed E-state index contributed by atoms with van der Waals surface area (Å²) in [4.78, 5) is 13.7. The Labute approximate surface area is 185 Å². The van der Waals surface area contributed by atoms with Crippen molar-refractivity contribution in [2.45, 2.75) is 13.1 Å². The van der Waals surface area contributed by atoms with Crippen molar-refractivity contribution in [3.05, 3.63) is 48.5 Å². The van der Waals surface area contributed by atoms with Crippen molar-refractivity contribution >= 4 is 55.6 Å². The third-order valence-corrected chi connectivity index (χ3v) is 7.31. The molecule has 0 amide bonds. The maximum Gasteiger partial charge on any atom is 0.206 e. The van der Waals surface area contributed by atoms with Crippen LogP contribution in [0.4, 0.5) is 11.9 Å². The van der Waals surface area contributed by atoms with Gasteiger partial charge in [0.15, 0.2) is 0 Å². The van der Waals surface area contributed by atoms with Crippen molar-refractivity contribution in [2.75, 3.05) is 49.5 Å². The van der Waals surface area contributed by atoms with Crippen molar-refractivity contribution in [2.24, 2.45) is 0 Å². The van der Waals surface area contributed by atoms with E-state index >= 15 is 0 Å². The molecule has 0 aliphatic heterocycles. The summed E-state index contributed by atoms with van der Waals surface area (Å²) in [7, 11) is 12.1. The van der Waals surface area contributed by atoms with E-state index < -0.39 is 0 Å². The SMILES string of the molecule is CN(C)c1nc2ccccc2n1CCSSCCn1c(N(C)C)nc2ccccc21. The number of rotatable bonds is 9. The van der Waals surface area contributed by atoms with Gasteiger partial charge >= 0.3 is 0 Å². The fourth-order valence-electron chi connectivity index (χ4n) is 3.62. The predicted octanol–water partition coefficient (Wildman–Crippen LogP) is 4.60. The van der Waals surface area contributed by atoms with Gasteiger partial charge in [0.2, 0.25) is 11.9 Å². The molecule has 0 aliphatic carbocycles. The van der Waals surface area contributed by atoms with Crippen molar-refractivity contribution in [3.63, 3.8) is 0 Å². The number of imidazole rings is 2. The number of fused-ring (bicyclic) bond motifs is 2. The molecule has 0 radical (unpaired) electrons. The van der Waals surface area contributed by atoms with Gasteiger partial charge in [-0.15, -0.1) is 0 Å². The minimum Gasteiger partial charge on any atom is -0.348 e. The number of anilines is 2. The Bertz CT molecular complexity index is 1040. The molecule has 0 bridgehead atoms. The Morgan fingerprint density at radius 1 is 0.667 bits per heavy atom. The van der Waals surface area contributed by atoms with Crippen molar-refractivity contribution in [1.29, 1.82) is 0 Å². The van der Waals surface area contributed by atoms with Gasteiger partial charge in [-0.2, -0.15) is 0 Å². The van der Waals surface area contributed by atoms with Crippen LogP contribution < -0.4 is 9.80 Å². The first-order valence-electron chi connectivity index (χ1n) is 10.1. The fourth-order valence-corrected chi connectivity index (χ4v) is 5.53. The topological polar surface area (TPSA) is 42.1 Å². The molecule has 30 heavy (non-hydrogen) atoms. The molecule has 2 aromatic carbocycles. The third kappa shape index (κ3) is 4.25. The average Bonchev–Trinajstić information content (AvgIpc) is 3.29. The second-order valence-corrected chi connectivity index (χ2v) is 10.2. The van der Waals surface area contributed by atoms with Crippen LogP contribution in [0.25, 0.3) is 22.1 Å². The molecule has 0 spiro atoms. The van der Waals surface area contributed by atoms with Gasteiger partial charge < -0.3 is 18.9 Å². The highest BCUT2D eigenvalue weighted by atomic mass is 33.1. The molecule has 2 aromatic heterocycles. The molecule has 4 aromatic rings. The number of para-hydroxylation sites is 4. The highest BCUT2D eigenvalue weighted by Gasteiger charge is 2.13. The quantitative estimate of drug-likeness (QED) is 0.280. The van der Waals surface area contributed by atoms with Crippen LogP contribution in [0, 0.1) is 0 Å². The standard InChI is InChI=1S/C22H28N6S2/c1-25(2)21-23-17-9-5-7-11-19(17)27(21)13-15-29-30-16-14-28-20-12-8-6-10-18(20)24-22(28)26(3)4/h5-12H,13-16H2,1-4H3. The number of aromatic nitrogens is 4. The first-order valence-corrected chi connectivity index (χ1v) is 12.5. The van der Waals surface area contributed by atoms with E-state index in [-0.39, 0.29) is 0 Å². The fraction of sp³-hybridized carbons (Fsp3) is 0.364. The number of hydrogen-bond acceptors (Lipinski definition) is 6. The maximum atomic E-state index is 4.77. The molecule has 158 valence electrons. The van der Waals surface area contributed by atoms with Crippen LogP contribution in [0.15, 0.2) is 48.5 Å². The van der Waals surface area contributed by atoms with Crippen LogP contribution in [-0.4, -0.2) is 58.8 Å². The van der Waals surface area contributed by atoms with Gasteiger partial charge in [0.1, 0.15) is 0 Å². The van der Waals surface area contributed by atoms with Crippen LogP contribution in [0.5, 0.6) is 0 Å². The highest BCUT2D eigenvalue weighted by molar-refractivity contribution is 8.76. The lowest BCUT2D eigenvalue weighted by atomic mass is 10.3. The zero-order chi connectivity index (χ0) is 21.1. The summed E-state index contributed by atoms with van der Waals surface area (Å²) in [6.07, 6.45) is 0. The maximum absolute atomic E-state index is 4.77. The molecule has 0 saturated heterocycles. The highest BCUT2D eigenvalue weighted by Crippen LogP contribution is 2.27. The van der Waals surface area contributed by atoms with Crippen LogP contribution in [0.1, 0.15) is 0 Å². The molecule has 4 rings (SSSR count). The van der Waals surface area contributed by atoms with E-state index in [1.807, 2.05) is 33.7 Å². The number of aryl methyl sites for hydroxylation is 2. The lowest BCUT2D eigenvalue weighted by molar-refractivity contribution is 0.777. The van der Waals surface area contributed by atoms with Crippen molar-refractivity contribution in [3.8, 4) is 0 Å². The van der Waals surface area contributed by atoms with E-state index in [1.165, 1.54) is 11.0 Å². The molecule has 0 atom stereocenters. The summed E-state index contributed by atoms with van der Waals surface area (Å²) < 4.78 is 4.63. The predicted molar refractivity (Wildman–Crippen MR) is 133 cm³/mol. The van der Waals surface area contributed by atoms with Crippen LogP contribution in [0.3, 0.4) is 0 Å². The zero-order valence-corrected chi connectivity index (χ0v) is 19.6. The first-order chi connectivity index (χ1) is 14.6. The Balaban J connectivity index is 1.35. The van der Waals surface area contributed by atoms with E-state index in [4.69, 9.17) is 9.97 Å². The summed E-state index contributed by atoms with van der Waals surface area (Å²) in [6, 6.07) is 16.7. The number of hydrogen-bond donors (Lipinski definition) is 0. The van der Waals surface area contributed by atoms with Gasteiger partial charge in [0.25, 0.3) is 0 Å². The van der Waals surface area contributed by atoms with Crippen LogP contribution in [-0.2, 0) is 13.1 Å². The first kappa shape index (κ1) is 20.9. The number of benzene rings is 2. The molecular weight excluding hydrogens is 412 g/mol. The Morgan fingerprint density at radius 2 is 1.07 bits per heavy atom. The molecule has 0 aliphatic rings. The van der Waals surface area contributed by atoms with E-state index in [0.29, 0.717) is 0 Å². The monoisotopic (exact) mass is 440 g/mol. The Kier molecular flexibility index (Phi) is 6.43. The lowest BCUT2D eigenvalue weighted by Gasteiger charge is -2.15. The van der Waals surface area contributed by atoms with Gasteiger partial charge in [-0.1, -0.05) is 45.9 Å². The molecule has 0 fully saturated rings. The van der Waals surface area contributed by atoms with E-state index in [1.54, 1.807) is 0 Å². The van der Waals surface area contributed by atoms with E-state index in [9.17, 15) is 0 Å². The molecule has 0 saturated carbocycles. The largest absolute Gasteiger partial charge is 0.348 e. The second-order valence-electron chi connectivity index (χ2n) is 7.54. The zero-order valence-electron chi connectivity index (χ0n) is 17.9.